The van der Waals surface area contributed by atoms with Gasteiger partial charge < -0.3 is 10.2 Å². The first-order valence-electron chi connectivity index (χ1n) is 9.59. The van der Waals surface area contributed by atoms with E-state index >= 15 is 0 Å². The maximum Gasteiger partial charge on any atom is 0.255 e. The van der Waals surface area contributed by atoms with Crippen molar-refractivity contribution < 1.29 is 9.59 Å². The van der Waals surface area contributed by atoms with E-state index in [2.05, 4.69) is 5.32 Å². The highest BCUT2D eigenvalue weighted by atomic mass is 35.5. The van der Waals surface area contributed by atoms with Crippen LogP contribution in [0.3, 0.4) is 0 Å². The van der Waals surface area contributed by atoms with Gasteiger partial charge in [-0.3, -0.25) is 9.59 Å². The maximum atomic E-state index is 13.3. The van der Waals surface area contributed by atoms with Gasteiger partial charge in [0.15, 0.2) is 0 Å². The molecule has 1 N–H and O–H groups in total. The number of halogens is 1. The van der Waals surface area contributed by atoms with Crippen molar-refractivity contribution in [2.75, 3.05) is 12.3 Å². The van der Waals surface area contributed by atoms with Gasteiger partial charge in [-0.15, -0.1) is 11.8 Å². The first-order chi connectivity index (χ1) is 12.6. The third kappa shape index (κ3) is 4.37. The summed E-state index contributed by atoms with van der Waals surface area (Å²) in [7, 11) is 0. The summed E-state index contributed by atoms with van der Waals surface area (Å²) in [4.78, 5) is 27.8. The van der Waals surface area contributed by atoms with Crippen molar-refractivity contribution in [1.29, 1.82) is 0 Å². The molecule has 3 rings (SSSR count). The zero-order valence-corrected chi connectivity index (χ0v) is 16.8. The van der Waals surface area contributed by atoms with E-state index < -0.39 is 0 Å². The Balaban J connectivity index is 1.84. The number of carbonyl (C=O) groups is 2. The molecule has 2 amide bonds. The largest absolute Gasteiger partial charge is 0.354 e. The molecule has 1 aromatic rings. The van der Waals surface area contributed by atoms with Gasteiger partial charge in [-0.2, -0.15) is 0 Å². The van der Waals surface area contributed by atoms with Crippen LogP contribution in [0.1, 0.15) is 55.8 Å². The fourth-order valence-corrected chi connectivity index (χ4v) is 5.64. The minimum absolute atomic E-state index is 0.0278. The Labute approximate surface area is 165 Å². The van der Waals surface area contributed by atoms with E-state index in [9.17, 15) is 9.59 Å². The molecule has 26 heavy (non-hydrogen) atoms. The van der Waals surface area contributed by atoms with Crippen molar-refractivity contribution in [1.82, 2.24) is 10.2 Å². The zero-order valence-electron chi connectivity index (χ0n) is 15.2. The van der Waals surface area contributed by atoms with Crippen molar-refractivity contribution in [3.05, 3.63) is 34.9 Å². The van der Waals surface area contributed by atoms with E-state index in [4.69, 9.17) is 11.6 Å². The summed E-state index contributed by atoms with van der Waals surface area (Å²) in [5, 5.41) is 3.68. The Morgan fingerprint density at radius 2 is 1.88 bits per heavy atom. The second kappa shape index (κ2) is 9.14. The standard InChI is InChI=1S/C20H27ClN2O2S/c1-2-12-22-18(24)17-13-26-20(15-6-4-3-5-7-15)23(17)19(25)14-8-10-16(21)11-9-14/h8-11,15,17,20H,2-7,12-13H2,1H3,(H,22,24). The second-order valence-electron chi connectivity index (χ2n) is 7.15. The van der Waals surface area contributed by atoms with E-state index in [1.54, 1.807) is 36.0 Å². The van der Waals surface area contributed by atoms with Gasteiger partial charge >= 0.3 is 0 Å². The summed E-state index contributed by atoms with van der Waals surface area (Å²) in [5.41, 5.74) is 0.603. The molecular formula is C20H27ClN2O2S. The highest BCUT2D eigenvalue weighted by Crippen LogP contribution is 2.41. The monoisotopic (exact) mass is 394 g/mol. The van der Waals surface area contributed by atoms with Crippen LogP contribution in [0.2, 0.25) is 5.02 Å². The molecule has 142 valence electrons. The number of nitrogens with zero attached hydrogens (tertiary/aromatic N) is 1. The molecule has 1 saturated heterocycles. The summed E-state index contributed by atoms with van der Waals surface area (Å²) in [6.07, 6.45) is 6.90. The van der Waals surface area contributed by atoms with E-state index in [-0.39, 0.29) is 23.2 Å². The molecule has 2 atom stereocenters. The molecule has 0 radical (unpaired) electrons. The van der Waals surface area contributed by atoms with Crippen molar-refractivity contribution in [2.24, 2.45) is 5.92 Å². The Kier molecular flexibility index (Phi) is 6.87. The molecule has 0 bridgehead atoms. The van der Waals surface area contributed by atoms with E-state index in [1.807, 2.05) is 11.8 Å². The van der Waals surface area contributed by atoms with Crippen LogP contribution >= 0.6 is 23.4 Å². The van der Waals surface area contributed by atoms with Crippen molar-refractivity contribution in [3.63, 3.8) is 0 Å². The number of nitrogens with one attached hydrogen (secondary N) is 1. The topological polar surface area (TPSA) is 49.4 Å². The number of benzene rings is 1. The van der Waals surface area contributed by atoms with Crippen LogP contribution in [-0.4, -0.2) is 40.4 Å². The Morgan fingerprint density at radius 1 is 1.19 bits per heavy atom. The van der Waals surface area contributed by atoms with Crippen LogP contribution in [0.4, 0.5) is 0 Å². The molecule has 0 spiro atoms. The Morgan fingerprint density at radius 3 is 2.54 bits per heavy atom. The molecule has 2 aliphatic rings. The smallest absolute Gasteiger partial charge is 0.255 e. The molecule has 0 aromatic heterocycles. The van der Waals surface area contributed by atoms with Gasteiger partial charge in [-0.25, -0.2) is 0 Å². The predicted molar refractivity (Wildman–Crippen MR) is 108 cm³/mol. The highest BCUT2D eigenvalue weighted by Gasteiger charge is 2.44. The van der Waals surface area contributed by atoms with Gasteiger partial charge in [0.05, 0.1) is 5.37 Å². The van der Waals surface area contributed by atoms with Crippen molar-refractivity contribution >= 4 is 35.2 Å². The summed E-state index contributed by atoms with van der Waals surface area (Å²) < 4.78 is 0. The van der Waals surface area contributed by atoms with E-state index in [0.717, 1.165) is 19.3 Å². The quantitative estimate of drug-likeness (QED) is 0.808. The van der Waals surface area contributed by atoms with Crippen LogP contribution in [0.15, 0.2) is 24.3 Å². The fourth-order valence-electron chi connectivity index (χ4n) is 3.88. The molecule has 1 aliphatic carbocycles. The van der Waals surface area contributed by atoms with Gasteiger partial charge in [0.25, 0.3) is 5.91 Å². The number of carbonyl (C=O) groups excluding carboxylic acids is 2. The van der Waals surface area contributed by atoms with Crippen LogP contribution in [0.25, 0.3) is 0 Å². The summed E-state index contributed by atoms with van der Waals surface area (Å²) in [6.45, 7) is 2.68. The van der Waals surface area contributed by atoms with Crippen LogP contribution in [0.5, 0.6) is 0 Å². The van der Waals surface area contributed by atoms with Gasteiger partial charge in [-0.1, -0.05) is 37.8 Å². The number of hydrogen-bond donors (Lipinski definition) is 1. The third-order valence-electron chi connectivity index (χ3n) is 5.27. The fraction of sp³-hybridized carbons (Fsp3) is 0.600. The third-order valence-corrected chi connectivity index (χ3v) is 6.98. The summed E-state index contributed by atoms with van der Waals surface area (Å²) in [6, 6.07) is 6.60. The van der Waals surface area contributed by atoms with Crippen molar-refractivity contribution in [3.8, 4) is 0 Å². The second-order valence-corrected chi connectivity index (χ2v) is 8.73. The average molecular weight is 395 g/mol. The molecule has 1 aliphatic heterocycles. The lowest BCUT2D eigenvalue weighted by molar-refractivity contribution is -0.125. The lowest BCUT2D eigenvalue weighted by Gasteiger charge is -2.35. The minimum atomic E-state index is -0.387. The molecule has 6 heteroatoms. The van der Waals surface area contributed by atoms with Gasteiger partial charge in [0.1, 0.15) is 6.04 Å². The van der Waals surface area contributed by atoms with E-state index in [1.165, 1.54) is 19.3 Å². The number of hydrogen-bond acceptors (Lipinski definition) is 3. The highest BCUT2D eigenvalue weighted by molar-refractivity contribution is 8.00. The molecule has 1 saturated carbocycles. The lowest BCUT2D eigenvalue weighted by Crippen LogP contribution is -2.51. The number of rotatable bonds is 5. The van der Waals surface area contributed by atoms with Gasteiger partial charge in [-0.05, 0) is 49.4 Å². The van der Waals surface area contributed by atoms with Gasteiger partial charge in [0, 0.05) is 22.9 Å². The minimum Gasteiger partial charge on any atom is -0.354 e. The predicted octanol–water partition coefficient (Wildman–Crippen LogP) is 4.33. The van der Waals surface area contributed by atoms with Crippen LogP contribution in [-0.2, 0) is 4.79 Å². The molecular weight excluding hydrogens is 368 g/mol. The van der Waals surface area contributed by atoms with Crippen LogP contribution in [0, 0.1) is 5.92 Å². The molecule has 4 nitrogen and oxygen atoms in total. The first-order valence-corrected chi connectivity index (χ1v) is 11.0. The van der Waals surface area contributed by atoms with Crippen LogP contribution < -0.4 is 5.32 Å². The molecule has 2 unspecified atom stereocenters. The Hall–Kier alpha value is -1.20. The van der Waals surface area contributed by atoms with Gasteiger partial charge in [0.2, 0.25) is 5.91 Å². The summed E-state index contributed by atoms with van der Waals surface area (Å²) >= 11 is 7.74. The number of thioether (sulfide) groups is 1. The number of amides is 2. The molecule has 1 aromatic carbocycles. The van der Waals surface area contributed by atoms with E-state index in [0.29, 0.717) is 28.8 Å². The van der Waals surface area contributed by atoms with Crippen molar-refractivity contribution in [2.45, 2.75) is 56.9 Å². The normalized spacial score (nSPS) is 23.8. The summed E-state index contributed by atoms with van der Waals surface area (Å²) in [5.74, 6) is 1.07. The SMILES string of the molecule is CCCNC(=O)C1CSC(C2CCCCC2)N1C(=O)c1ccc(Cl)cc1. The zero-order chi connectivity index (χ0) is 18.5. The molecule has 2 fully saturated rings. The average Bonchev–Trinajstić information content (AvgIpc) is 3.12. The molecule has 1 heterocycles. The first kappa shape index (κ1) is 19.6. The maximum absolute atomic E-state index is 13.3. The Bertz CT molecular complexity index is 631. The lowest BCUT2D eigenvalue weighted by atomic mass is 9.88.